The molecule has 0 radical (unpaired) electrons. The number of ether oxygens (including phenoxy) is 2. The fourth-order valence-electron chi connectivity index (χ4n) is 1.15. The number of carbonyl (C=O) groups excluding carboxylic acids is 1. The molecule has 1 aromatic heterocycles. The number of aliphatic hydroxyl groups is 2. The van der Waals surface area contributed by atoms with Gasteiger partial charge in [-0.05, 0) is 0 Å². The molecule has 0 aliphatic heterocycles. The third kappa shape index (κ3) is 2.54. The van der Waals surface area contributed by atoms with E-state index in [0.29, 0.717) is 0 Å². The van der Waals surface area contributed by atoms with Gasteiger partial charge in [-0.1, -0.05) is 0 Å². The Morgan fingerprint density at radius 1 is 1.40 bits per heavy atom. The predicted octanol–water partition coefficient (Wildman–Crippen LogP) is -0.197. The number of hydrogen-bond donors (Lipinski definition) is 2. The number of esters is 1. The molecule has 80 valence electrons. The Kier molecular flexibility index (Phi) is 3.82. The van der Waals surface area contributed by atoms with Gasteiger partial charge in [0.1, 0.15) is 0 Å². The SMILES string of the molecule is COC(=O)c1ccc(C(O)O)bc1OC. The van der Waals surface area contributed by atoms with E-state index in [2.05, 4.69) is 4.74 Å². The molecule has 0 aliphatic rings. The Bertz CT molecular complexity index is 364. The maximum atomic E-state index is 11.2. The fraction of sp³-hybridized carbons (Fsp3) is 0.333. The molecule has 0 saturated heterocycles. The summed E-state index contributed by atoms with van der Waals surface area (Å²) in [6.07, 6.45) is -1.59. The van der Waals surface area contributed by atoms with E-state index in [9.17, 15) is 4.79 Å². The van der Waals surface area contributed by atoms with Crippen molar-refractivity contribution in [1.29, 1.82) is 0 Å². The predicted molar refractivity (Wildman–Crippen MR) is 52.9 cm³/mol. The molecular weight excluding hydrogens is 199 g/mol. The Labute approximate surface area is 87.5 Å². The average molecular weight is 210 g/mol. The first-order chi connectivity index (χ1) is 7.10. The quantitative estimate of drug-likeness (QED) is 0.533. The van der Waals surface area contributed by atoms with Crippen LogP contribution in [0.1, 0.15) is 22.1 Å². The summed E-state index contributed by atoms with van der Waals surface area (Å²) in [5.41, 5.74) is 0.733. The number of hydrogen-bond acceptors (Lipinski definition) is 5. The monoisotopic (exact) mass is 210 g/mol. The Balaban J connectivity index is 3.15. The summed E-state index contributed by atoms with van der Waals surface area (Å²) in [6.45, 7) is 1.37. The van der Waals surface area contributed by atoms with Gasteiger partial charge in [-0.25, -0.2) is 0 Å². The third-order valence-corrected chi connectivity index (χ3v) is 1.93. The number of aliphatic hydroxyl groups excluding tert-OH is 1. The van der Waals surface area contributed by atoms with Crippen molar-refractivity contribution in [3.63, 3.8) is 0 Å². The number of carbonyl (C=O) groups is 1. The molecule has 1 aromatic rings. The zero-order chi connectivity index (χ0) is 11.4. The zero-order valence-corrected chi connectivity index (χ0v) is 8.43. The summed E-state index contributed by atoms with van der Waals surface area (Å²) in [5, 5.41) is 17.8. The van der Waals surface area contributed by atoms with Crippen LogP contribution in [0, 0.1) is 0 Å². The van der Waals surface area contributed by atoms with Gasteiger partial charge in [0.15, 0.2) is 0 Å². The summed E-state index contributed by atoms with van der Waals surface area (Å²) < 4.78 is 9.47. The minimum absolute atomic E-state index is 0.240. The molecule has 1 heterocycles. The van der Waals surface area contributed by atoms with Crippen LogP contribution >= 0.6 is 0 Å². The minimum atomic E-state index is -1.59. The Hall–Kier alpha value is -1.40. The molecule has 0 fully saturated rings. The average Bonchev–Trinajstić information content (AvgIpc) is 2.27. The molecule has 0 aliphatic carbocycles. The first-order valence-electron chi connectivity index (χ1n) is 4.22. The van der Waals surface area contributed by atoms with E-state index in [4.69, 9.17) is 14.9 Å². The zero-order valence-electron chi connectivity index (χ0n) is 8.43. The first-order valence-corrected chi connectivity index (χ1v) is 4.22. The van der Waals surface area contributed by atoms with Gasteiger partial charge in [-0.15, -0.1) is 0 Å². The van der Waals surface area contributed by atoms with E-state index in [1.807, 2.05) is 0 Å². The van der Waals surface area contributed by atoms with Crippen molar-refractivity contribution < 1.29 is 24.5 Å². The molecule has 0 aromatic carbocycles. The van der Waals surface area contributed by atoms with Gasteiger partial charge in [0.2, 0.25) is 0 Å². The third-order valence-electron chi connectivity index (χ3n) is 1.93. The van der Waals surface area contributed by atoms with Crippen molar-refractivity contribution in [2.75, 3.05) is 14.2 Å². The van der Waals surface area contributed by atoms with Crippen LogP contribution in [0.2, 0.25) is 0 Å². The Morgan fingerprint density at radius 2 is 2.07 bits per heavy atom. The van der Waals surface area contributed by atoms with E-state index in [0.717, 1.165) is 0 Å². The van der Waals surface area contributed by atoms with Gasteiger partial charge >= 0.3 is 86.7 Å². The van der Waals surface area contributed by atoms with Gasteiger partial charge in [0, 0.05) is 0 Å². The molecule has 6 heteroatoms. The summed E-state index contributed by atoms with van der Waals surface area (Å²) in [6, 6.07) is 2.83. The molecule has 5 nitrogen and oxygen atoms in total. The van der Waals surface area contributed by atoms with Crippen LogP contribution in [0.15, 0.2) is 12.1 Å². The van der Waals surface area contributed by atoms with Crippen LogP contribution in [0.4, 0.5) is 0 Å². The van der Waals surface area contributed by atoms with Crippen molar-refractivity contribution in [2.45, 2.75) is 6.29 Å². The van der Waals surface area contributed by atoms with Gasteiger partial charge in [-0.2, -0.15) is 0 Å². The second-order valence-corrected chi connectivity index (χ2v) is 2.82. The standard InChI is InChI=1S/C9H11BO5/c1-14-7-5(9(13)15-2)3-4-6(10-7)8(11)12/h3-4,8,11-12H,1-2H3. The Morgan fingerprint density at radius 3 is 2.53 bits per heavy atom. The van der Waals surface area contributed by atoms with E-state index >= 15 is 0 Å². The molecular formula is C9H11BO5. The molecule has 0 bridgehead atoms. The van der Waals surface area contributed by atoms with Crippen LogP contribution in [0.25, 0.3) is 0 Å². The molecule has 0 amide bonds. The molecule has 0 unspecified atom stereocenters. The summed E-state index contributed by atoms with van der Waals surface area (Å²) >= 11 is 0. The van der Waals surface area contributed by atoms with E-state index in [1.165, 1.54) is 33.3 Å². The molecule has 0 saturated carbocycles. The molecule has 0 atom stereocenters. The van der Waals surface area contributed by atoms with Gasteiger partial charge in [-0.3, -0.25) is 0 Å². The van der Waals surface area contributed by atoms with E-state index in [1.54, 1.807) is 0 Å². The fourth-order valence-corrected chi connectivity index (χ4v) is 1.15. The van der Waals surface area contributed by atoms with Crippen LogP contribution in [-0.4, -0.2) is 37.3 Å². The van der Waals surface area contributed by atoms with Crippen molar-refractivity contribution >= 4 is 12.9 Å². The van der Waals surface area contributed by atoms with Crippen molar-refractivity contribution in [1.82, 2.24) is 0 Å². The van der Waals surface area contributed by atoms with Crippen molar-refractivity contribution in [3.8, 4) is 5.64 Å². The van der Waals surface area contributed by atoms with Crippen molar-refractivity contribution in [3.05, 3.63) is 23.2 Å². The van der Waals surface area contributed by atoms with Crippen LogP contribution in [-0.2, 0) is 4.74 Å². The van der Waals surface area contributed by atoms with Gasteiger partial charge in [0.25, 0.3) is 0 Å². The molecule has 15 heavy (non-hydrogen) atoms. The molecule has 0 spiro atoms. The summed E-state index contributed by atoms with van der Waals surface area (Å²) in [7, 11) is 2.64. The van der Waals surface area contributed by atoms with E-state index < -0.39 is 12.3 Å². The molecule has 2 N–H and O–H groups in total. The second-order valence-electron chi connectivity index (χ2n) is 2.82. The number of rotatable bonds is 3. The van der Waals surface area contributed by atoms with E-state index in [-0.39, 0.29) is 16.7 Å². The van der Waals surface area contributed by atoms with Gasteiger partial charge < -0.3 is 0 Å². The second kappa shape index (κ2) is 4.90. The number of methoxy groups -OCH3 is 2. The normalized spacial score (nSPS) is 9.93. The van der Waals surface area contributed by atoms with Crippen LogP contribution < -0.4 is 4.74 Å². The summed E-state index contributed by atoms with van der Waals surface area (Å²) in [5.74, 6) is -0.536. The van der Waals surface area contributed by atoms with Crippen LogP contribution in [0.3, 0.4) is 0 Å². The topological polar surface area (TPSA) is 76.0 Å². The van der Waals surface area contributed by atoms with Gasteiger partial charge in [0.05, 0.1) is 0 Å². The van der Waals surface area contributed by atoms with Crippen molar-refractivity contribution in [2.24, 2.45) is 0 Å². The van der Waals surface area contributed by atoms with Crippen LogP contribution in [0.5, 0.6) is 5.64 Å². The summed E-state index contributed by atoms with van der Waals surface area (Å²) in [4.78, 5) is 11.2. The maximum absolute atomic E-state index is 11.2. The molecule has 1 rings (SSSR count). The first kappa shape index (κ1) is 11.7.